The van der Waals surface area contributed by atoms with Crippen LogP contribution in [0.5, 0.6) is 0 Å². The Balaban J connectivity index is 1.86. The van der Waals surface area contributed by atoms with Crippen molar-refractivity contribution in [1.29, 1.82) is 0 Å². The van der Waals surface area contributed by atoms with Crippen molar-refractivity contribution in [2.24, 2.45) is 11.7 Å². The zero-order chi connectivity index (χ0) is 17.6. The van der Waals surface area contributed by atoms with E-state index >= 15 is 0 Å². The number of carbonyl (C=O) groups excluding carboxylic acids is 1. The van der Waals surface area contributed by atoms with Crippen LogP contribution < -0.4 is 5.73 Å². The van der Waals surface area contributed by atoms with Crippen LogP contribution in [0.1, 0.15) is 45.1 Å². The summed E-state index contributed by atoms with van der Waals surface area (Å²) in [6.45, 7) is 8.02. The number of piperidine rings is 1. The van der Waals surface area contributed by atoms with Gasteiger partial charge in [-0.25, -0.2) is 0 Å². The van der Waals surface area contributed by atoms with Crippen LogP contribution in [0.4, 0.5) is 0 Å². The third kappa shape index (κ3) is 4.81. The molecule has 1 heterocycles. The van der Waals surface area contributed by atoms with Crippen molar-refractivity contribution in [3.05, 3.63) is 35.9 Å². The Morgan fingerprint density at radius 1 is 1.29 bits per heavy atom. The highest BCUT2D eigenvalue weighted by atomic mass is 16.2. The molecule has 1 aromatic carbocycles. The molecule has 0 bridgehead atoms. The van der Waals surface area contributed by atoms with Crippen molar-refractivity contribution in [2.45, 2.75) is 45.1 Å². The van der Waals surface area contributed by atoms with E-state index < -0.39 is 5.54 Å². The third-order valence-electron chi connectivity index (χ3n) is 5.18. The molecule has 1 aromatic rings. The van der Waals surface area contributed by atoms with Gasteiger partial charge in [0, 0.05) is 19.6 Å². The molecule has 1 aliphatic heterocycles. The molecule has 1 saturated heterocycles. The normalized spacial score (nSPS) is 18.6. The van der Waals surface area contributed by atoms with Crippen molar-refractivity contribution in [2.75, 3.05) is 33.2 Å². The van der Waals surface area contributed by atoms with Gasteiger partial charge in [0.2, 0.25) is 5.91 Å². The Labute approximate surface area is 147 Å². The molecule has 1 aliphatic rings. The highest BCUT2D eigenvalue weighted by Gasteiger charge is 2.36. The second-order valence-corrected chi connectivity index (χ2v) is 7.42. The molecule has 1 unspecified atom stereocenters. The van der Waals surface area contributed by atoms with E-state index in [-0.39, 0.29) is 5.91 Å². The topological polar surface area (TPSA) is 49.6 Å². The predicted molar refractivity (Wildman–Crippen MR) is 99.7 cm³/mol. The lowest BCUT2D eigenvalue weighted by atomic mass is 9.89. The number of benzene rings is 1. The Morgan fingerprint density at radius 2 is 1.92 bits per heavy atom. The van der Waals surface area contributed by atoms with Gasteiger partial charge in [-0.1, -0.05) is 43.7 Å². The smallest absolute Gasteiger partial charge is 0.246 e. The fourth-order valence-electron chi connectivity index (χ4n) is 3.52. The van der Waals surface area contributed by atoms with Crippen molar-refractivity contribution in [3.8, 4) is 0 Å². The second-order valence-electron chi connectivity index (χ2n) is 7.42. The van der Waals surface area contributed by atoms with Gasteiger partial charge in [-0.3, -0.25) is 4.79 Å². The predicted octanol–water partition coefficient (Wildman–Crippen LogP) is 2.83. The van der Waals surface area contributed by atoms with Gasteiger partial charge in [0.25, 0.3) is 0 Å². The molecule has 24 heavy (non-hydrogen) atoms. The summed E-state index contributed by atoms with van der Waals surface area (Å²) in [4.78, 5) is 17.3. The van der Waals surface area contributed by atoms with E-state index in [4.69, 9.17) is 5.73 Å². The number of amides is 1. The molecule has 134 valence electrons. The molecule has 0 spiro atoms. The number of rotatable bonds is 7. The van der Waals surface area contributed by atoms with E-state index in [1.54, 1.807) is 0 Å². The number of unbranched alkanes of at least 4 members (excludes halogenated alkanes) is 1. The number of likely N-dealkylation sites (tertiary alicyclic amines) is 1. The third-order valence-corrected chi connectivity index (χ3v) is 5.18. The van der Waals surface area contributed by atoms with Crippen LogP contribution in [0.15, 0.2) is 30.3 Å². The quantitative estimate of drug-likeness (QED) is 0.836. The molecule has 4 heteroatoms. The van der Waals surface area contributed by atoms with Crippen molar-refractivity contribution in [3.63, 3.8) is 0 Å². The lowest BCUT2D eigenvalue weighted by Crippen LogP contribution is -2.53. The number of nitrogens with two attached hydrogens (primary N) is 1. The Hall–Kier alpha value is -1.39. The van der Waals surface area contributed by atoms with Crippen LogP contribution in [-0.4, -0.2) is 48.9 Å². The second kappa shape index (κ2) is 8.63. The van der Waals surface area contributed by atoms with E-state index in [0.29, 0.717) is 5.92 Å². The molecule has 2 rings (SSSR count). The van der Waals surface area contributed by atoms with Crippen LogP contribution in [-0.2, 0) is 10.3 Å². The Bertz CT molecular complexity index is 507. The van der Waals surface area contributed by atoms with Crippen molar-refractivity contribution >= 4 is 5.91 Å². The fourth-order valence-corrected chi connectivity index (χ4v) is 3.52. The van der Waals surface area contributed by atoms with Gasteiger partial charge in [-0.2, -0.15) is 0 Å². The van der Waals surface area contributed by atoms with E-state index in [1.807, 2.05) is 42.2 Å². The Morgan fingerprint density at radius 3 is 2.50 bits per heavy atom. The number of hydrogen-bond acceptors (Lipinski definition) is 3. The zero-order valence-corrected chi connectivity index (χ0v) is 15.5. The lowest BCUT2D eigenvalue weighted by Gasteiger charge is -2.38. The highest BCUT2D eigenvalue weighted by Crippen LogP contribution is 2.25. The standard InChI is InChI=1S/C20H33N3O/c1-4-5-13-22(3)16-17-11-14-23(15-12-17)19(24)20(2,21)18-9-7-6-8-10-18/h6-10,17H,4-5,11-16,21H2,1-3H3. The van der Waals surface area contributed by atoms with Crippen LogP contribution in [0.25, 0.3) is 0 Å². The largest absolute Gasteiger partial charge is 0.341 e. The summed E-state index contributed by atoms with van der Waals surface area (Å²) in [7, 11) is 2.21. The number of nitrogens with zero attached hydrogens (tertiary/aromatic N) is 2. The first-order valence-corrected chi connectivity index (χ1v) is 9.27. The molecular weight excluding hydrogens is 298 g/mol. The summed E-state index contributed by atoms with van der Waals surface area (Å²) in [5.74, 6) is 0.739. The van der Waals surface area contributed by atoms with Gasteiger partial charge >= 0.3 is 0 Å². The monoisotopic (exact) mass is 331 g/mol. The first-order chi connectivity index (χ1) is 11.4. The van der Waals surface area contributed by atoms with Gasteiger partial charge in [0.05, 0.1) is 0 Å². The summed E-state index contributed by atoms with van der Waals surface area (Å²) in [6, 6.07) is 9.70. The average molecular weight is 332 g/mol. The average Bonchev–Trinajstić information content (AvgIpc) is 2.60. The SMILES string of the molecule is CCCCN(C)CC1CCN(C(=O)C(C)(N)c2ccccc2)CC1. The van der Waals surface area contributed by atoms with Gasteiger partial charge in [-0.05, 0) is 51.3 Å². The van der Waals surface area contributed by atoms with Crippen LogP contribution in [0.2, 0.25) is 0 Å². The minimum atomic E-state index is -0.938. The van der Waals surface area contributed by atoms with Gasteiger partial charge in [0.1, 0.15) is 5.54 Å². The van der Waals surface area contributed by atoms with Crippen LogP contribution in [0, 0.1) is 5.92 Å². The maximum atomic E-state index is 12.9. The van der Waals surface area contributed by atoms with Crippen molar-refractivity contribution < 1.29 is 4.79 Å². The first-order valence-electron chi connectivity index (χ1n) is 9.27. The van der Waals surface area contributed by atoms with Gasteiger partial charge < -0.3 is 15.5 Å². The summed E-state index contributed by atoms with van der Waals surface area (Å²) in [5, 5.41) is 0. The van der Waals surface area contributed by atoms with E-state index in [0.717, 1.165) is 38.0 Å². The van der Waals surface area contributed by atoms with E-state index in [1.165, 1.54) is 19.4 Å². The minimum Gasteiger partial charge on any atom is -0.341 e. The maximum absolute atomic E-state index is 12.9. The highest BCUT2D eigenvalue weighted by molar-refractivity contribution is 5.87. The molecule has 1 amide bonds. The maximum Gasteiger partial charge on any atom is 0.246 e. The number of hydrogen-bond donors (Lipinski definition) is 1. The summed E-state index contributed by atoms with van der Waals surface area (Å²) >= 11 is 0. The fraction of sp³-hybridized carbons (Fsp3) is 0.650. The molecular formula is C20H33N3O. The molecule has 2 N–H and O–H groups in total. The Kier molecular flexibility index (Phi) is 6.81. The summed E-state index contributed by atoms with van der Waals surface area (Å²) in [6.07, 6.45) is 4.66. The van der Waals surface area contributed by atoms with Crippen molar-refractivity contribution in [1.82, 2.24) is 9.80 Å². The van der Waals surface area contributed by atoms with E-state index in [2.05, 4.69) is 18.9 Å². The molecule has 1 atom stereocenters. The summed E-state index contributed by atoms with van der Waals surface area (Å²) < 4.78 is 0. The van der Waals surface area contributed by atoms with Gasteiger partial charge in [0.15, 0.2) is 0 Å². The molecule has 0 aromatic heterocycles. The lowest BCUT2D eigenvalue weighted by molar-refractivity contribution is -0.138. The molecule has 0 radical (unpaired) electrons. The summed E-state index contributed by atoms with van der Waals surface area (Å²) in [5.41, 5.74) is 6.33. The minimum absolute atomic E-state index is 0.0477. The zero-order valence-electron chi connectivity index (χ0n) is 15.5. The molecule has 0 aliphatic carbocycles. The molecule has 1 fully saturated rings. The van der Waals surface area contributed by atoms with Crippen LogP contribution in [0.3, 0.4) is 0 Å². The molecule has 4 nitrogen and oxygen atoms in total. The first kappa shape index (κ1) is 18.9. The van der Waals surface area contributed by atoms with Crippen LogP contribution >= 0.6 is 0 Å². The number of carbonyl (C=O) groups is 1. The van der Waals surface area contributed by atoms with Gasteiger partial charge in [-0.15, -0.1) is 0 Å². The van der Waals surface area contributed by atoms with E-state index in [9.17, 15) is 4.79 Å². The molecule has 0 saturated carbocycles.